The van der Waals surface area contributed by atoms with Gasteiger partial charge in [-0.1, -0.05) is 20.3 Å². The molecule has 0 unspecified atom stereocenters. The highest BCUT2D eigenvalue weighted by Crippen LogP contribution is 2.56. The second-order valence-electron chi connectivity index (χ2n) is 10.7. The number of hydrogen-bond acceptors (Lipinski definition) is 5. The molecule has 2 bridgehead atoms. The second-order valence-corrected chi connectivity index (χ2v) is 10.7. The Labute approximate surface area is 198 Å². The highest BCUT2D eigenvalue weighted by atomic mass is 19.1. The predicted octanol–water partition coefficient (Wildman–Crippen LogP) is 5.90. The Hall–Kier alpha value is -3.03. The summed E-state index contributed by atoms with van der Waals surface area (Å²) in [4.78, 5) is 2.04. The Morgan fingerprint density at radius 3 is 2.47 bits per heavy atom. The molecule has 2 aliphatic carbocycles. The lowest BCUT2D eigenvalue weighted by molar-refractivity contribution is 0.0128. The lowest BCUT2D eigenvalue weighted by atomic mass is 9.55. The lowest BCUT2D eigenvalue weighted by Gasteiger charge is -2.54. The number of aromatic amines is 1. The van der Waals surface area contributed by atoms with E-state index in [-0.39, 0.29) is 40.4 Å². The molecule has 2 aromatic heterocycles. The zero-order valence-corrected chi connectivity index (χ0v) is 19.7. The number of benzene rings is 1. The van der Waals surface area contributed by atoms with Crippen LogP contribution in [0.2, 0.25) is 0 Å². The maximum atomic E-state index is 15.0. The number of halogens is 2. The minimum atomic E-state index is -0.597. The Bertz CT molecular complexity index is 1110. The molecular formula is C26H31F2N5O. The van der Waals surface area contributed by atoms with Gasteiger partial charge < -0.3 is 10.0 Å². The van der Waals surface area contributed by atoms with E-state index >= 15 is 0 Å². The molecule has 1 aromatic carbocycles. The van der Waals surface area contributed by atoms with Gasteiger partial charge in [0.05, 0.1) is 17.5 Å². The van der Waals surface area contributed by atoms with E-state index in [1.807, 2.05) is 4.90 Å². The second kappa shape index (κ2) is 8.64. The van der Waals surface area contributed by atoms with Gasteiger partial charge in [-0.3, -0.25) is 5.10 Å². The summed E-state index contributed by atoms with van der Waals surface area (Å²) < 4.78 is 28.5. The molecule has 3 atom stereocenters. The number of H-pyrrole nitrogens is 1. The first-order valence-corrected chi connectivity index (χ1v) is 12.0. The van der Waals surface area contributed by atoms with Crippen molar-refractivity contribution >= 4 is 5.82 Å². The van der Waals surface area contributed by atoms with E-state index in [9.17, 15) is 13.9 Å². The summed E-state index contributed by atoms with van der Waals surface area (Å²) in [6, 6.07) is 6.43. The lowest BCUT2D eigenvalue weighted by Crippen LogP contribution is -2.50. The molecule has 6 nitrogen and oxygen atoms in total. The zero-order chi connectivity index (χ0) is 23.9. The number of aromatic nitrogens is 4. The van der Waals surface area contributed by atoms with Crippen molar-refractivity contribution in [2.24, 2.45) is 10.8 Å². The van der Waals surface area contributed by atoms with Crippen molar-refractivity contribution in [1.29, 1.82) is 0 Å². The highest BCUT2D eigenvalue weighted by molar-refractivity contribution is 5.74. The number of hydrogen-bond donors (Lipinski definition) is 2. The summed E-state index contributed by atoms with van der Waals surface area (Å²) in [5, 5.41) is 25.7. The number of aromatic hydroxyl groups is 1. The largest absolute Gasteiger partial charge is 0.507 e. The number of fused-ring (bicyclic) bond motifs is 2. The van der Waals surface area contributed by atoms with Crippen molar-refractivity contribution in [2.45, 2.75) is 58.4 Å². The van der Waals surface area contributed by atoms with Crippen LogP contribution in [0.4, 0.5) is 14.6 Å². The van der Waals surface area contributed by atoms with E-state index in [1.54, 1.807) is 24.5 Å². The zero-order valence-electron chi connectivity index (χ0n) is 19.7. The van der Waals surface area contributed by atoms with Gasteiger partial charge in [0.25, 0.3) is 0 Å². The monoisotopic (exact) mass is 467 g/mol. The Morgan fingerprint density at radius 2 is 1.88 bits per heavy atom. The number of nitrogens with zero attached hydrogens (tertiary/aromatic N) is 4. The fourth-order valence-corrected chi connectivity index (χ4v) is 6.54. The number of phenols is 1. The molecule has 0 spiro atoms. The van der Waals surface area contributed by atoms with E-state index in [4.69, 9.17) is 0 Å². The van der Waals surface area contributed by atoms with Crippen LogP contribution in [0.15, 0.2) is 36.7 Å². The van der Waals surface area contributed by atoms with Crippen LogP contribution in [0.1, 0.15) is 52.4 Å². The van der Waals surface area contributed by atoms with Gasteiger partial charge in [0, 0.05) is 24.3 Å². The van der Waals surface area contributed by atoms with Crippen LogP contribution in [-0.4, -0.2) is 44.8 Å². The summed E-state index contributed by atoms with van der Waals surface area (Å²) in [7, 11) is 0. The summed E-state index contributed by atoms with van der Waals surface area (Å²) in [6.45, 7) is 4.50. The molecule has 0 amide bonds. The SMILES string of the molecule is C[C@]12CCC[C@](C)(C[C@@H](N(CCF)c3ccc(-c4c(O)cc(-c5cn[nH]c5)cc4F)nn3)C1)C2. The first-order valence-electron chi connectivity index (χ1n) is 12.0. The first-order chi connectivity index (χ1) is 16.3. The number of nitrogens with one attached hydrogen (secondary N) is 1. The molecule has 2 heterocycles. The van der Waals surface area contributed by atoms with Crippen LogP contribution in [0.25, 0.3) is 22.4 Å². The van der Waals surface area contributed by atoms with Gasteiger partial charge in [0.15, 0.2) is 5.82 Å². The van der Waals surface area contributed by atoms with Crippen LogP contribution in [-0.2, 0) is 0 Å². The molecule has 8 heteroatoms. The number of alkyl halides is 1. The van der Waals surface area contributed by atoms with Crippen LogP contribution < -0.4 is 4.90 Å². The van der Waals surface area contributed by atoms with E-state index in [0.717, 1.165) is 12.8 Å². The van der Waals surface area contributed by atoms with Gasteiger partial charge in [-0.15, -0.1) is 10.2 Å². The summed E-state index contributed by atoms with van der Waals surface area (Å²) >= 11 is 0. The molecule has 0 radical (unpaired) electrons. The standard InChI is InChI=1S/C26H31F2N5O/c1-25-6-3-7-26(2,16-25)13-19(12-25)33(9-8-27)23-5-4-21(31-32-23)24-20(28)10-17(11-22(24)34)18-14-29-30-15-18/h4-5,10-11,14-15,19,34H,3,6-9,12-13,16H2,1-2H3,(H,29,30)/t19-,25-,26+. The van der Waals surface area contributed by atoms with E-state index in [0.29, 0.717) is 16.9 Å². The summed E-state index contributed by atoms with van der Waals surface area (Å²) in [5.41, 5.74) is 1.94. The third-order valence-electron chi connectivity index (χ3n) is 7.74. The van der Waals surface area contributed by atoms with Gasteiger partial charge in [0.2, 0.25) is 0 Å². The molecule has 3 aromatic rings. The third kappa shape index (κ3) is 4.26. The quantitative estimate of drug-likeness (QED) is 0.472. The minimum Gasteiger partial charge on any atom is -0.507 e. The molecule has 180 valence electrons. The molecule has 2 aliphatic rings. The van der Waals surface area contributed by atoms with Crippen molar-refractivity contribution in [1.82, 2.24) is 20.4 Å². The fraction of sp³-hybridized carbons (Fsp3) is 0.500. The highest BCUT2D eigenvalue weighted by Gasteiger charge is 2.47. The van der Waals surface area contributed by atoms with Gasteiger partial charge >= 0.3 is 0 Å². The number of phenolic OH excluding ortho intramolecular Hbond substituents is 1. The van der Waals surface area contributed by atoms with Crippen LogP contribution in [0, 0.1) is 16.6 Å². The Morgan fingerprint density at radius 1 is 1.12 bits per heavy atom. The first kappa shape index (κ1) is 22.7. The average molecular weight is 468 g/mol. The molecular weight excluding hydrogens is 436 g/mol. The molecule has 2 saturated carbocycles. The molecule has 5 rings (SSSR count). The van der Waals surface area contributed by atoms with Crippen molar-refractivity contribution in [2.75, 3.05) is 18.1 Å². The van der Waals surface area contributed by atoms with Crippen molar-refractivity contribution in [3.8, 4) is 28.1 Å². The van der Waals surface area contributed by atoms with E-state index < -0.39 is 12.5 Å². The third-order valence-corrected chi connectivity index (χ3v) is 7.74. The van der Waals surface area contributed by atoms with Gasteiger partial charge in [-0.25, -0.2) is 8.78 Å². The number of anilines is 1. The van der Waals surface area contributed by atoms with Gasteiger partial charge in [-0.2, -0.15) is 5.10 Å². The normalized spacial score (nSPS) is 26.4. The molecule has 2 N–H and O–H groups in total. The Balaban J connectivity index is 1.43. The molecule has 0 aliphatic heterocycles. The van der Waals surface area contributed by atoms with Crippen LogP contribution >= 0.6 is 0 Å². The van der Waals surface area contributed by atoms with Gasteiger partial charge in [-0.05, 0) is 72.8 Å². The fourth-order valence-electron chi connectivity index (χ4n) is 6.54. The van der Waals surface area contributed by atoms with E-state index in [2.05, 4.69) is 34.2 Å². The minimum absolute atomic E-state index is 0.00411. The van der Waals surface area contributed by atoms with E-state index in [1.165, 1.54) is 37.8 Å². The smallest absolute Gasteiger partial charge is 0.151 e. The van der Waals surface area contributed by atoms with Crippen molar-refractivity contribution in [3.63, 3.8) is 0 Å². The van der Waals surface area contributed by atoms with Crippen LogP contribution in [0.3, 0.4) is 0 Å². The maximum Gasteiger partial charge on any atom is 0.151 e. The Kier molecular flexibility index (Phi) is 5.78. The summed E-state index contributed by atoms with van der Waals surface area (Å²) in [6.07, 6.45) is 10.1. The molecule has 0 saturated heterocycles. The molecule has 2 fully saturated rings. The van der Waals surface area contributed by atoms with Crippen molar-refractivity contribution < 1.29 is 13.9 Å². The van der Waals surface area contributed by atoms with Crippen LogP contribution in [0.5, 0.6) is 5.75 Å². The van der Waals surface area contributed by atoms with Gasteiger partial charge in [0.1, 0.15) is 18.2 Å². The molecule has 34 heavy (non-hydrogen) atoms. The topological polar surface area (TPSA) is 77.9 Å². The maximum absolute atomic E-state index is 15.0. The average Bonchev–Trinajstić information content (AvgIpc) is 3.31. The van der Waals surface area contributed by atoms with Crippen molar-refractivity contribution in [3.05, 3.63) is 42.5 Å². The number of rotatable bonds is 6. The summed E-state index contributed by atoms with van der Waals surface area (Å²) in [5.74, 6) is -0.229. The predicted molar refractivity (Wildman–Crippen MR) is 128 cm³/mol.